The molecule has 0 saturated heterocycles. The van der Waals surface area contributed by atoms with E-state index in [0.29, 0.717) is 31.2 Å². The molecule has 0 aliphatic rings. The fraction of sp³-hybridized carbons (Fsp3) is 0.529. The maximum atomic E-state index is 12.0. The van der Waals surface area contributed by atoms with E-state index in [9.17, 15) is 18.0 Å². The van der Waals surface area contributed by atoms with E-state index in [4.69, 9.17) is 4.74 Å². The largest absolute Gasteiger partial charge is 0.411 e. The number of aliphatic imine (C=N–C) groups is 1. The number of alkyl halides is 3. The van der Waals surface area contributed by atoms with Gasteiger partial charge in [-0.1, -0.05) is 24.3 Å². The van der Waals surface area contributed by atoms with E-state index in [1.54, 1.807) is 38.4 Å². The van der Waals surface area contributed by atoms with Crippen LogP contribution in [0.25, 0.3) is 0 Å². The Balaban J connectivity index is 2.33. The second kappa shape index (κ2) is 12.1. The first-order valence-corrected chi connectivity index (χ1v) is 8.26. The van der Waals surface area contributed by atoms with Gasteiger partial charge in [-0.15, -0.1) is 0 Å². The smallest absolute Gasteiger partial charge is 0.383 e. The van der Waals surface area contributed by atoms with Crippen LogP contribution in [-0.4, -0.2) is 58.5 Å². The summed E-state index contributed by atoms with van der Waals surface area (Å²) in [4.78, 5) is 15.6. The van der Waals surface area contributed by atoms with Crippen molar-refractivity contribution in [2.45, 2.75) is 19.3 Å². The minimum atomic E-state index is -4.33. The number of nitrogens with zero attached hydrogens (tertiary/aromatic N) is 1. The van der Waals surface area contributed by atoms with Gasteiger partial charge < -0.3 is 25.4 Å². The minimum Gasteiger partial charge on any atom is -0.383 e. The number of ether oxygens (including phenoxy) is 2. The van der Waals surface area contributed by atoms with Crippen LogP contribution in [0.1, 0.15) is 11.1 Å². The molecule has 0 unspecified atom stereocenters. The molecular formula is C17H25F3N4O3. The fourth-order valence-electron chi connectivity index (χ4n) is 1.96. The van der Waals surface area contributed by atoms with Crippen LogP contribution >= 0.6 is 0 Å². The van der Waals surface area contributed by atoms with Crippen LogP contribution in [0.4, 0.5) is 13.2 Å². The average Bonchev–Trinajstić information content (AvgIpc) is 2.62. The van der Waals surface area contributed by atoms with Crippen LogP contribution in [0.5, 0.6) is 0 Å². The molecule has 152 valence electrons. The Morgan fingerprint density at radius 1 is 1.11 bits per heavy atom. The molecule has 0 spiro atoms. The molecule has 0 aliphatic heterocycles. The van der Waals surface area contributed by atoms with Crippen LogP contribution in [0.2, 0.25) is 0 Å². The van der Waals surface area contributed by atoms with E-state index >= 15 is 0 Å². The summed E-state index contributed by atoms with van der Waals surface area (Å²) in [7, 11) is 3.14. The van der Waals surface area contributed by atoms with Crippen LogP contribution in [0.15, 0.2) is 29.3 Å². The van der Waals surface area contributed by atoms with Crippen LogP contribution < -0.4 is 16.0 Å². The number of halogens is 3. The van der Waals surface area contributed by atoms with Crippen molar-refractivity contribution in [1.82, 2.24) is 16.0 Å². The van der Waals surface area contributed by atoms with Crippen molar-refractivity contribution in [2.24, 2.45) is 4.99 Å². The van der Waals surface area contributed by atoms with Crippen molar-refractivity contribution in [1.29, 1.82) is 0 Å². The fourth-order valence-corrected chi connectivity index (χ4v) is 1.96. The van der Waals surface area contributed by atoms with Gasteiger partial charge in [-0.25, -0.2) is 0 Å². The Morgan fingerprint density at radius 3 is 2.37 bits per heavy atom. The van der Waals surface area contributed by atoms with E-state index in [0.717, 1.165) is 5.56 Å². The summed E-state index contributed by atoms with van der Waals surface area (Å²) >= 11 is 0. The number of carbonyl (C=O) groups is 1. The quantitative estimate of drug-likeness (QED) is 0.318. The topological polar surface area (TPSA) is 84.0 Å². The lowest BCUT2D eigenvalue weighted by molar-refractivity contribution is -0.176. The monoisotopic (exact) mass is 390 g/mol. The number of carbonyl (C=O) groups excluding carboxylic acids is 1. The Labute approximate surface area is 156 Å². The van der Waals surface area contributed by atoms with E-state index < -0.39 is 12.8 Å². The van der Waals surface area contributed by atoms with Crippen LogP contribution in [0.3, 0.4) is 0 Å². The zero-order valence-electron chi connectivity index (χ0n) is 15.4. The van der Waals surface area contributed by atoms with Gasteiger partial charge in [-0.3, -0.25) is 9.79 Å². The zero-order chi connectivity index (χ0) is 20.1. The molecule has 0 heterocycles. The highest BCUT2D eigenvalue weighted by Gasteiger charge is 2.27. The Hall–Kier alpha value is -2.33. The van der Waals surface area contributed by atoms with Gasteiger partial charge in [-0.2, -0.15) is 13.2 Å². The van der Waals surface area contributed by atoms with Gasteiger partial charge in [0, 0.05) is 27.2 Å². The molecule has 0 aliphatic carbocycles. The molecule has 10 heteroatoms. The van der Waals surface area contributed by atoms with Crippen molar-refractivity contribution in [3.05, 3.63) is 35.4 Å². The summed E-state index contributed by atoms with van der Waals surface area (Å²) < 4.78 is 45.6. The maximum Gasteiger partial charge on any atom is 0.411 e. The third-order valence-corrected chi connectivity index (χ3v) is 3.29. The third-order valence-electron chi connectivity index (χ3n) is 3.29. The second-order valence-electron chi connectivity index (χ2n) is 5.55. The molecule has 0 radical (unpaired) electrons. The SMILES string of the molecule is CN=C(NCC(=O)NCCOC)NCc1ccc(COCC(F)(F)F)cc1. The number of nitrogens with one attached hydrogen (secondary N) is 3. The molecule has 0 saturated carbocycles. The zero-order valence-corrected chi connectivity index (χ0v) is 15.4. The van der Waals surface area contributed by atoms with E-state index in [2.05, 4.69) is 25.7 Å². The number of guanidine groups is 1. The Bertz CT molecular complexity index is 592. The van der Waals surface area contributed by atoms with Crippen molar-refractivity contribution >= 4 is 11.9 Å². The molecule has 1 amide bonds. The highest BCUT2D eigenvalue weighted by molar-refractivity contribution is 5.86. The minimum absolute atomic E-state index is 0.0683. The normalized spacial score (nSPS) is 12.0. The first-order chi connectivity index (χ1) is 12.8. The molecule has 7 nitrogen and oxygen atoms in total. The van der Waals surface area contributed by atoms with Crippen LogP contribution in [-0.2, 0) is 27.4 Å². The lowest BCUT2D eigenvalue weighted by atomic mass is 10.1. The lowest BCUT2D eigenvalue weighted by Gasteiger charge is -2.12. The maximum absolute atomic E-state index is 12.0. The molecule has 27 heavy (non-hydrogen) atoms. The Morgan fingerprint density at radius 2 is 1.78 bits per heavy atom. The van der Waals surface area contributed by atoms with E-state index in [1.165, 1.54) is 0 Å². The van der Waals surface area contributed by atoms with E-state index in [1.807, 2.05) is 0 Å². The summed E-state index contributed by atoms with van der Waals surface area (Å²) in [5, 5.41) is 8.60. The molecule has 0 fully saturated rings. The predicted octanol–water partition coefficient (Wildman–Crippen LogP) is 1.19. The summed E-state index contributed by atoms with van der Waals surface area (Å²) in [6.45, 7) is 0.0114. The summed E-state index contributed by atoms with van der Waals surface area (Å²) in [5.74, 6) is 0.271. The number of methoxy groups -OCH3 is 1. The molecule has 0 aromatic heterocycles. The van der Waals surface area contributed by atoms with Crippen molar-refractivity contribution in [2.75, 3.05) is 40.5 Å². The standard InChI is InChI=1S/C17H25F3N4O3/c1-21-16(24-10-15(25)22-7-8-26-2)23-9-13-3-5-14(6-4-13)11-27-12-17(18,19)20/h3-6H,7-12H2,1-2H3,(H,22,25)(H2,21,23,24). The number of rotatable bonds is 10. The van der Waals surface area contributed by atoms with Gasteiger partial charge >= 0.3 is 6.18 Å². The predicted molar refractivity (Wildman–Crippen MR) is 95.2 cm³/mol. The van der Waals surface area contributed by atoms with Gasteiger partial charge in [0.1, 0.15) is 6.61 Å². The first kappa shape index (κ1) is 22.7. The summed E-state index contributed by atoms with van der Waals surface area (Å²) in [6.07, 6.45) is -4.33. The number of benzene rings is 1. The van der Waals surface area contributed by atoms with Crippen molar-refractivity contribution in [3.8, 4) is 0 Å². The molecule has 1 aromatic rings. The van der Waals surface area contributed by atoms with Crippen molar-refractivity contribution in [3.63, 3.8) is 0 Å². The summed E-state index contributed by atoms with van der Waals surface area (Å²) in [6, 6.07) is 6.97. The number of hydrogen-bond donors (Lipinski definition) is 3. The number of amides is 1. The van der Waals surface area contributed by atoms with Gasteiger partial charge in [0.25, 0.3) is 0 Å². The van der Waals surface area contributed by atoms with Gasteiger partial charge in [0.05, 0.1) is 19.8 Å². The molecule has 0 bridgehead atoms. The average molecular weight is 390 g/mol. The Kier molecular flexibility index (Phi) is 10.2. The van der Waals surface area contributed by atoms with Crippen molar-refractivity contribution < 1.29 is 27.4 Å². The highest BCUT2D eigenvalue weighted by atomic mass is 19.4. The second-order valence-corrected chi connectivity index (χ2v) is 5.55. The van der Waals surface area contributed by atoms with Gasteiger partial charge in [-0.05, 0) is 11.1 Å². The molecule has 1 rings (SSSR count). The molecular weight excluding hydrogens is 365 g/mol. The molecule has 1 aromatic carbocycles. The van der Waals surface area contributed by atoms with Gasteiger partial charge in [0.2, 0.25) is 5.91 Å². The lowest BCUT2D eigenvalue weighted by Crippen LogP contribution is -2.43. The third kappa shape index (κ3) is 11.1. The highest BCUT2D eigenvalue weighted by Crippen LogP contribution is 2.15. The summed E-state index contributed by atoms with van der Waals surface area (Å²) in [5.41, 5.74) is 1.56. The first-order valence-electron chi connectivity index (χ1n) is 8.26. The molecule has 3 N–H and O–H groups in total. The van der Waals surface area contributed by atoms with Crippen LogP contribution in [0, 0.1) is 0 Å². The molecule has 0 atom stereocenters. The number of hydrogen-bond acceptors (Lipinski definition) is 4. The van der Waals surface area contributed by atoms with E-state index in [-0.39, 0.29) is 19.1 Å². The van der Waals surface area contributed by atoms with Gasteiger partial charge in [0.15, 0.2) is 5.96 Å².